The van der Waals surface area contributed by atoms with Gasteiger partial charge in [-0.3, -0.25) is 4.79 Å². The lowest BCUT2D eigenvalue weighted by Gasteiger charge is -2.17. The highest BCUT2D eigenvalue weighted by Crippen LogP contribution is 2.25. The van der Waals surface area contributed by atoms with Crippen LogP contribution in [-0.2, 0) is 17.6 Å². The van der Waals surface area contributed by atoms with Crippen molar-refractivity contribution in [2.75, 3.05) is 11.1 Å². The largest absolute Gasteiger partial charge is 0.324 e. The van der Waals surface area contributed by atoms with Gasteiger partial charge in [0.1, 0.15) is 0 Å². The topological polar surface area (TPSA) is 54.9 Å². The molecule has 0 saturated heterocycles. The van der Waals surface area contributed by atoms with E-state index in [1.807, 2.05) is 19.1 Å². The van der Waals surface area contributed by atoms with Crippen molar-refractivity contribution in [3.63, 3.8) is 0 Å². The van der Waals surface area contributed by atoms with Gasteiger partial charge in [0.25, 0.3) is 0 Å². The van der Waals surface area contributed by atoms with Crippen LogP contribution in [0, 0.1) is 6.92 Å². The number of benzene rings is 1. The zero-order valence-corrected chi connectivity index (χ0v) is 14.5. The van der Waals surface area contributed by atoms with E-state index in [2.05, 4.69) is 15.3 Å². The average molecular weight is 348 g/mol. The van der Waals surface area contributed by atoms with Crippen LogP contribution >= 0.6 is 23.4 Å². The molecule has 1 amide bonds. The van der Waals surface area contributed by atoms with Crippen molar-refractivity contribution in [2.45, 2.75) is 37.8 Å². The monoisotopic (exact) mass is 347 g/mol. The highest BCUT2D eigenvalue weighted by Gasteiger charge is 2.16. The van der Waals surface area contributed by atoms with Crippen LogP contribution in [0.15, 0.2) is 29.4 Å². The summed E-state index contributed by atoms with van der Waals surface area (Å²) in [6.07, 6.45) is 4.47. The van der Waals surface area contributed by atoms with Crippen LogP contribution in [0.3, 0.4) is 0 Å². The number of aryl methyl sites for hydroxylation is 2. The van der Waals surface area contributed by atoms with E-state index in [9.17, 15) is 4.79 Å². The van der Waals surface area contributed by atoms with Gasteiger partial charge >= 0.3 is 0 Å². The molecule has 0 fully saturated rings. The Labute approximate surface area is 145 Å². The van der Waals surface area contributed by atoms with Crippen LogP contribution in [0.5, 0.6) is 0 Å². The lowest BCUT2D eigenvalue weighted by atomic mass is 9.95. The highest BCUT2D eigenvalue weighted by molar-refractivity contribution is 7.99. The molecule has 1 aliphatic carbocycles. The molecule has 3 rings (SSSR count). The summed E-state index contributed by atoms with van der Waals surface area (Å²) in [5.74, 6) is 0.158. The minimum absolute atomic E-state index is 0.109. The van der Waals surface area contributed by atoms with Gasteiger partial charge in [0.15, 0.2) is 5.16 Å². The molecule has 0 bridgehead atoms. The highest BCUT2D eigenvalue weighted by atomic mass is 35.5. The summed E-state index contributed by atoms with van der Waals surface area (Å²) in [5.41, 5.74) is 4.12. The number of nitrogens with one attached hydrogen (secondary N) is 1. The summed E-state index contributed by atoms with van der Waals surface area (Å²) in [6, 6.07) is 7.20. The predicted molar refractivity (Wildman–Crippen MR) is 94.2 cm³/mol. The number of aromatic nitrogens is 2. The van der Waals surface area contributed by atoms with Gasteiger partial charge in [0.2, 0.25) is 5.91 Å². The third kappa shape index (κ3) is 4.03. The first-order chi connectivity index (χ1) is 11.1. The second kappa shape index (κ2) is 7.32. The molecule has 1 aromatic heterocycles. The lowest BCUT2D eigenvalue weighted by molar-refractivity contribution is -0.113. The fourth-order valence-electron chi connectivity index (χ4n) is 2.70. The van der Waals surface area contributed by atoms with Gasteiger partial charge in [0.05, 0.1) is 16.5 Å². The second-order valence-electron chi connectivity index (χ2n) is 5.54. The summed E-state index contributed by atoms with van der Waals surface area (Å²) in [4.78, 5) is 21.2. The Bertz CT molecular complexity index is 736. The van der Waals surface area contributed by atoms with E-state index in [0.717, 1.165) is 24.2 Å². The number of para-hydroxylation sites is 1. The summed E-state index contributed by atoms with van der Waals surface area (Å²) in [6.45, 7) is 2.03. The SMILES string of the molecule is Cc1nc(SCC(=O)Nc2ccccc2Cl)nc2c1CCCC2. The number of halogens is 1. The summed E-state index contributed by atoms with van der Waals surface area (Å²) in [7, 11) is 0. The van der Waals surface area contributed by atoms with Gasteiger partial charge in [-0.05, 0) is 50.3 Å². The Hall–Kier alpha value is -1.59. The number of carbonyl (C=O) groups is 1. The van der Waals surface area contributed by atoms with E-state index >= 15 is 0 Å². The van der Waals surface area contributed by atoms with E-state index in [-0.39, 0.29) is 11.7 Å². The number of amides is 1. The normalized spacial score (nSPS) is 13.5. The number of rotatable bonds is 4. The first-order valence-corrected chi connectivity index (χ1v) is 9.03. The summed E-state index contributed by atoms with van der Waals surface area (Å²) < 4.78 is 0. The van der Waals surface area contributed by atoms with Gasteiger partial charge in [0, 0.05) is 11.4 Å². The zero-order valence-electron chi connectivity index (χ0n) is 12.9. The zero-order chi connectivity index (χ0) is 16.2. The molecular formula is C17H18ClN3OS. The number of nitrogens with zero attached hydrogens (tertiary/aromatic N) is 2. The smallest absolute Gasteiger partial charge is 0.234 e. The Morgan fingerprint density at radius 3 is 2.87 bits per heavy atom. The number of hydrogen-bond donors (Lipinski definition) is 1. The fraction of sp³-hybridized carbons (Fsp3) is 0.353. The molecule has 0 unspecified atom stereocenters. The molecule has 1 aliphatic rings. The van der Waals surface area contributed by atoms with Crippen molar-refractivity contribution < 1.29 is 4.79 Å². The fourth-order valence-corrected chi connectivity index (χ4v) is 3.59. The third-order valence-electron chi connectivity index (χ3n) is 3.85. The summed E-state index contributed by atoms with van der Waals surface area (Å²) in [5, 5.41) is 4.02. The standard InChI is InChI=1S/C17H18ClN3OS/c1-11-12-6-2-4-8-14(12)21-17(19-11)23-10-16(22)20-15-9-5-3-7-13(15)18/h3,5,7,9H,2,4,6,8,10H2,1H3,(H,20,22). The third-order valence-corrected chi connectivity index (χ3v) is 5.03. The van der Waals surface area contributed by atoms with Gasteiger partial charge in [-0.1, -0.05) is 35.5 Å². The van der Waals surface area contributed by atoms with Crippen LogP contribution in [0.4, 0.5) is 5.69 Å². The lowest BCUT2D eigenvalue weighted by Crippen LogP contribution is -2.15. The van der Waals surface area contributed by atoms with Gasteiger partial charge in [-0.15, -0.1) is 0 Å². The first kappa shape index (κ1) is 16.3. The maximum absolute atomic E-state index is 12.1. The van der Waals surface area contributed by atoms with E-state index < -0.39 is 0 Å². The molecular weight excluding hydrogens is 330 g/mol. The van der Waals surface area contributed by atoms with Crippen LogP contribution in [0.25, 0.3) is 0 Å². The quantitative estimate of drug-likeness (QED) is 0.669. The van der Waals surface area contributed by atoms with Crippen molar-refractivity contribution in [1.29, 1.82) is 0 Å². The molecule has 4 nitrogen and oxygen atoms in total. The number of thioether (sulfide) groups is 1. The molecule has 23 heavy (non-hydrogen) atoms. The molecule has 0 atom stereocenters. The Kier molecular flexibility index (Phi) is 5.18. The molecule has 1 heterocycles. The molecule has 6 heteroatoms. The first-order valence-electron chi connectivity index (χ1n) is 7.67. The van der Waals surface area contributed by atoms with Crippen LogP contribution in [0.2, 0.25) is 5.02 Å². The number of fused-ring (bicyclic) bond motifs is 1. The second-order valence-corrected chi connectivity index (χ2v) is 6.89. The Balaban J connectivity index is 1.63. The van der Waals surface area contributed by atoms with E-state index in [1.165, 1.54) is 30.2 Å². The van der Waals surface area contributed by atoms with E-state index in [0.29, 0.717) is 15.9 Å². The van der Waals surface area contributed by atoms with Crippen LogP contribution in [0.1, 0.15) is 29.8 Å². The Morgan fingerprint density at radius 2 is 2.04 bits per heavy atom. The number of anilines is 1. The van der Waals surface area contributed by atoms with E-state index in [1.54, 1.807) is 12.1 Å². The summed E-state index contributed by atoms with van der Waals surface area (Å²) >= 11 is 7.40. The maximum atomic E-state index is 12.1. The van der Waals surface area contributed by atoms with Crippen LogP contribution < -0.4 is 5.32 Å². The van der Waals surface area contributed by atoms with Crippen molar-refractivity contribution in [3.8, 4) is 0 Å². The molecule has 0 radical (unpaired) electrons. The average Bonchev–Trinajstić information content (AvgIpc) is 2.55. The molecule has 120 valence electrons. The van der Waals surface area contributed by atoms with Crippen molar-refractivity contribution in [3.05, 3.63) is 46.2 Å². The number of carbonyl (C=O) groups excluding carboxylic acids is 1. The van der Waals surface area contributed by atoms with Crippen molar-refractivity contribution >= 4 is 35.0 Å². The predicted octanol–water partition coefficient (Wildman–Crippen LogP) is 4.05. The van der Waals surface area contributed by atoms with Crippen LogP contribution in [-0.4, -0.2) is 21.6 Å². The van der Waals surface area contributed by atoms with Gasteiger partial charge in [-0.25, -0.2) is 9.97 Å². The molecule has 2 aromatic rings. The van der Waals surface area contributed by atoms with Crippen molar-refractivity contribution in [1.82, 2.24) is 9.97 Å². The molecule has 0 aliphatic heterocycles. The van der Waals surface area contributed by atoms with Gasteiger partial charge in [-0.2, -0.15) is 0 Å². The molecule has 1 N–H and O–H groups in total. The molecule has 0 saturated carbocycles. The number of hydrogen-bond acceptors (Lipinski definition) is 4. The van der Waals surface area contributed by atoms with E-state index in [4.69, 9.17) is 11.6 Å². The molecule has 0 spiro atoms. The maximum Gasteiger partial charge on any atom is 0.234 e. The van der Waals surface area contributed by atoms with Crippen molar-refractivity contribution in [2.24, 2.45) is 0 Å². The van der Waals surface area contributed by atoms with Gasteiger partial charge < -0.3 is 5.32 Å². The minimum atomic E-state index is -0.109. The molecule has 1 aromatic carbocycles. The minimum Gasteiger partial charge on any atom is -0.324 e. The Morgan fingerprint density at radius 1 is 1.26 bits per heavy atom.